The molecule has 3 saturated heterocycles. The molecular weight excluding hydrogens is 396 g/mol. The van der Waals surface area contributed by atoms with Gasteiger partial charge in [0.15, 0.2) is 5.69 Å². The number of nitrogens with zero attached hydrogens (tertiary/aromatic N) is 3. The maximum Gasteiger partial charge on any atom is 0.333 e. The van der Waals surface area contributed by atoms with Crippen LogP contribution in [-0.4, -0.2) is 68.8 Å². The molecule has 30 heavy (non-hydrogen) atoms. The molecule has 1 N–H and O–H groups in total. The standard InChI is InChI=1S/C21H31F2N3O4/c1-19(2,28)15-4-6-20(3,30-15)16-12-21(13-29-16)7-10-25(11-8-21)17(27)14-5-9-26(24-14)18(22)23/h5,9,15-16,18,28H,4,6-8,10-13H2,1-3H3/t15-,16-,20+/m0/s1. The number of carbonyl (C=O) groups excluding carboxylic acids is 1. The van der Waals surface area contributed by atoms with Crippen molar-refractivity contribution in [3.63, 3.8) is 0 Å². The van der Waals surface area contributed by atoms with Crippen molar-refractivity contribution >= 4 is 5.91 Å². The Kier molecular flexibility index (Phi) is 5.43. The Bertz CT molecular complexity index is 785. The van der Waals surface area contributed by atoms with Crippen molar-refractivity contribution < 1.29 is 28.2 Å². The quantitative estimate of drug-likeness (QED) is 0.800. The van der Waals surface area contributed by atoms with Crippen molar-refractivity contribution in [2.75, 3.05) is 19.7 Å². The van der Waals surface area contributed by atoms with Gasteiger partial charge in [-0.15, -0.1) is 0 Å². The van der Waals surface area contributed by atoms with Gasteiger partial charge in [-0.25, -0.2) is 4.68 Å². The molecule has 0 aliphatic carbocycles. The zero-order chi connectivity index (χ0) is 21.7. The Labute approximate surface area is 175 Å². The molecule has 4 rings (SSSR count). The Morgan fingerprint density at radius 2 is 2.03 bits per heavy atom. The van der Waals surface area contributed by atoms with E-state index in [1.165, 1.54) is 6.07 Å². The van der Waals surface area contributed by atoms with Gasteiger partial charge in [-0.05, 0) is 64.4 Å². The first-order valence-electron chi connectivity index (χ1n) is 10.7. The lowest BCUT2D eigenvalue weighted by atomic mass is 9.74. The van der Waals surface area contributed by atoms with Crippen LogP contribution in [0.1, 0.15) is 69.9 Å². The van der Waals surface area contributed by atoms with Crippen LogP contribution in [0.25, 0.3) is 0 Å². The minimum Gasteiger partial charge on any atom is -0.388 e. The van der Waals surface area contributed by atoms with Crippen LogP contribution in [0.2, 0.25) is 0 Å². The fourth-order valence-electron chi connectivity index (χ4n) is 5.03. The van der Waals surface area contributed by atoms with Crippen LogP contribution < -0.4 is 0 Å². The van der Waals surface area contributed by atoms with E-state index in [1.807, 2.05) is 0 Å². The summed E-state index contributed by atoms with van der Waals surface area (Å²) < 4.78 is 38.4. The van der Waals surface area contributed by atoms with E-state index in [0.29, 0.717) is 24.4 Å². The van der Waals surface area contributed by atoms with Crippen molar-refractivity contribution in [1.82, 2.24) is 14.7 Å². The third-order valence-electron chi connectivity index (χ3n) is 7.13. The average Bonchev–Trinajstić information content (AvgIpc) is 3.40. The molecule has 1 amide bonds. The van der Waals surface area contributed by atoms with Gasteiger partial charge >= 0.3 is 6.55 Å². The van der Waals surface area contributed by atoms with Crippen molar-refractivity contribution in [3.05, 3.63) is 18.0 Å². The van der Waals surface area contributed by atoms with E-state index in [1.54, 1.807) is 18.7 Å². The van der Waals surface area contributed by atoms with Crippen LogP contribution in [0, 0.1) is 5.41 Å². The number of halogens is 2. The maximum atomic E-state index is 12.7. The summed E-state index contributed by atoms with van der Waals surface area (Å²) in [6.45, 7) is 4.61. The third-order valence-corrected chi connectivity index (χ3v) is 7.13. The van der Waals surface area contributed by atoms with Crippen molar-refractivity contribution in [1.29, 1.82) is 0 Å². The van der Waals surface area contributed by atoms with Gasteiger partial charge in [-0.1, -0.05) is 0 Å². The Hall–Kier alpha value is -1.58. The highest BCUT2D eigenvalue weighted by Crippen LogP contribution is 2.49. The lowest BCUT2D eigenvalue weighted by Gasteiger charge is -2.39. The van der Waals surface area contributed by atoms with E-state index >= 15 is 0 Å². The van der Waals surface area contributed by atoms with Crippen molar-refractivity contribution in [3.8, 4) is 0 Å². The predicted octanol–water partition coefficient (Wildman–Crippen LogP) is 3.00. The van der Waals surface area contributed by atoms with Gasteiger partial charge < -0.3 is 19.5 Å². The number of alkyl halides is 2. The Morgan fingerprint density at radius 1 is 1.33 bits per heavy atom. The molecule has 1 aromatic heterocycles. The normalized spacial score (nSPS) is 31.8. The summed E-state index contributed by atoms with van der Waals surface area (Å²) in [4.78, 5) is 14.3. The molecule has 3 aliphatic rings. The maximum absolute atomic E-state index is 12.7. The molecule has 4 heterocycles. The molecule has 0 aromatic carbocycles. The molecule has 0 radical (unpaired) electrons. The average molecular weight is 427 g/mol. The van der Waals surface area contributed by atoms with E-state index in [9.17, 15) is 18.7 Å². The van der Waals surface area contributed by atoms with Gasteiger partial charge in [-0.2, -0.15) is 13.9 Å². The third kappa shape index (κ3) is 3.99. The van der Waals surface area contributed by atoms with Gasteiger partial charge in [0.2, 0.25) is 0 Å². The van der Waals surface area contributed by atoms with Crippen LogP contribution in [-0.2, 0) is 9.47 Å². The predicted molar refractivity (Wildman–Crippen MR) is 104 cm³/mol. The second-order valence-electron chi connectivity index (χ2n) is 9.87. The number of rotatable bonds is 4. The van der Waals surface area contributed by atoms with Crippen LogP contribution in [0.4, 0.5) is 8.78 Å². The molecule has 1 spiro atoms. The Balaban J connectivity index is 1.34. The summed E-state index contributed by atoms with van der Waals surface area (Å²) in [5.41, 5.74) is -1.24. The highest BCUT2D eigenvalue weighted by Gasteiger charge is 2.53. The van der Waals surface area contributed by atoms with Crippen LogP contribution in [0.5, 0.6) is 0 Å². The smallest absolute Gasteiger partial charge is 0.333 e. The number of likely N-dealkylation sites (tertiary alicyclic amines) is 1. The van der Waals surface area contributed by atoms with Gasteiger partial charge in [0, 0.05) is 19.3 Å². The molecule has 168 valence electrons. The highest BCUT2D eigenvalue weighted by atomic mass is 19.3. The molecule has 3 atom stereocenters. The van der Waals surface area contributed by atoms with Gasteiger partial charge in [-0.3, -0.25) is 4.79 Å². The summed E-state index contributed by atoms with van der Waals surface area (Å²) in [6.07, 6.45) is 5.02. The first-order valence-corrected chi connectivity index (χ1v) is 10.7. The second-order valence-corrected chi connectivity index (χ2v) is 9.87. The summed E-state index contributed by atoms with van der Waals surface area (Å²) in [5.74, 6) is -0.307. The van der Waals surface area contributed by atoms with Gasteiger partial charge in [0.05, 0.1) is 30.0 Å². The lowest BCUT2D eigenvalue weighted by molar-refractivity contribution is -0.155. The van der Waals surface area contributed by atoms with Crippen LogP contribution in [0.15, 0.2) is 12.3 Å². The van der Waals surface area contributed by atoms with Gasteiger partial charge in [0.1, 0.15) is 0 Å². The number of aromatic nitrogens is 2. The monoisotopic (exact) mass is 427 g/mol. The molecule has 0 unspecified atom stereocenters. The largest absolute Gasteiger partial charge is 0.388 e. The number of amides is 1. The molecule has 7 nitrogen and oxygen atoms in total. The van der Waals surface area contributed by atoms with Gasteiger partial charge in [0.25, 0.3) is 5.91 Å². The fraction of sp³-hybridized carbons (Fsp3) is 0.810. The fourth-order valence-corrected chi connectivity index (χ4v) is 5.03. The van der Waals surface area contributed by atoms with E-state index in [-0.39, 0.29) is 29.2 Å². The number of ether oxygens (including phenoxy) is 2. The SMILES string of the molecule is CC(C)(O)[C@@H]1CC[C@](C)([C@@H]2CC3(CCN(C(=O)c4ccn(C(F)F)n4)CC3)CO2)O1. The Morgan fingerprint density at radius 3 is 2.60 bits per heavy atom. The summed E-state index contributed by atoms with van der Waals surface area (Å²) in [6, 6.07) is 1.34. The zero-order valence-electron chi connectivity index (χ0n) is 17.8. The van der Waals surface area contributed by atoms with Crippen LogP contribution in [0.3, 0.4) is 0 Å². The first-order chi connectivity index (χ1) is 14.0. The molecule has 3 aliphatic heterocycles. The number of piperidine rings is 1. The van der Waals surface area contributed by atoms with E-state index in [2.05, 4.69) is 12.0 Å². The molecule has 3 fully saturated rings. The summed E-state index contributed by atoms with van der Waals surface area (Å²) in [5, 5.41) is 14.0. The molecular formula is C21H31F2N3O4. The number of hydrogen-bond donors (Lipinski definition) is 1. The van der Waals surface area contributed by atoms with Crippen molar-refractivity contribution in [2.24, 2.45) is 5.41 Å². The molecule has 9 heteroatoms. The van der Waals surface area contributed by atoms with Crippen LogP contribution >= 0.6 is 0 Å². The second kappa shape index (κ2) is 7.53. The highest BCUT2D eigenvalue weighted by molar-refractivity contribution is 5.92. The lowest BCUT2D eigenvalue weighted by Crippen LogP contribution is -2.45. The van der Waals surface area contributed by atoms with E-state index in [4.69, 9.17) is 9.47 Å². The first kappa shape index (κ1) is 21.6. The minimum atomic E-state index is -2.75. The molecule has 0 bridgehead atoms. The number of carbonyl (C=O) groups is 1. The number of hydrogen-bond acceptors (Lipinski definition) is 5. The molecule has 1 aromatic rings. The molecule has 0 saturated carbocycles. The van der Waals surface area contributed by atoms with Crippen molar-refractivity contribution in [2.45, 2.75) is 82.8 Å². The summed E-state index contributed by atoms with van der Waals surface area (Å²) in [7, 11) is 0. The minimum absolute atomic E-state index is 0.00294. The van der Waals surface area contributed by atoms with E-state index in [0.717, 1.165) is 38.3 Å². The summed E-state index contributed by atoms with van der Waals surface area (Å²) >= 11 is 0. The zero-order valence-corrected chi connectivity index (χ0v) is 17.8. The van der Waals surface area contributed by atoms with E-state index < -0.39 is 17.8 Å². The number of aliphatic hydroxyl groups is 1. The topological polar surface area (TPSA) is 76.8 Å².